The zero-order chi connectivity index (χ0) is 12.8. The van der Waals surface area contributed by atoms with Crippen LogP contribution in [0.15, 0.2) is 42.6 Å². The number of benzene rings is 1. The van der Waals surface area contributed by atoms with Gasteiger partial charge in [-0.1, -0.05) is 24.3 Å². The fraction of sp³-hybridized carbons (Fsp3) is 0.267. The third kappa shape index (κ3) is 3.59. The molecule has 0 spiro atoms. The van der Waals surface area contributed by atoms with Crippen LogP contribution in [0.2, 0.25) is 0 Å². The predicted molar refractivity (Wildman–Crippen MR) is 78.3 cm³/mol. The Labute approximate surface area is 113 Å². The number of nitrogens with zero attached hydrogens (tertiary/aromatic N) is 1. The average molecular weight is 258 g/mol. The summed E-state index contributed by atoms with van der Waals surface area (Å²) in [7, 11) is 0. The van der Waals surface area contributed by atoms with E-state index in [4.69, 9.17) is 5.73 Å². The van der Waals surface area contributed by atoms with E-state index in [1.54, 1.807) is 0 Å². The average Bonchev–Trinajstić information content (AvgIpc) is 2.41. The molecule has 0 radical (unpaired) electrons. The van der Waals surface area contributed by atoms with Gasteiger partial charge in [-0.05, 0) is 35.7 Å². The van der Waals surface area contributed by atoms with Gasteiger partial charge in [-0.3, -0.25) is 4.98 Å². The molecule has 1 heterocycles. The second-order valence-electron chi connectivity index (χ2n) is 4.28. The highest BCUT2D eigenvalue weighted by molar-refractivity contribution is 7.97. The Kier molecular flexibility index (Phi) is 4.79. The molecule has 0 saturated heterocycles. The van der Waals surface area contributed by atoms with Crippen LogP contribution in [0.5, 0.6) is 0 Å². The zero-order valence-electron chi connectivity index (χ0n) is 10.6. The lowest BCUT2D eigenvalue weighted by Crippen LogP contribution is -1.99. The number of thioether (sulfide) groups is 1. The molecule has 3 heteroatoms. The molecule has 0 fully saturated rings. The van der Waals surface area contributed by atoms with Crippen LogP contribution in [0.4, 0.5) is 0 Å². The van der Waals surface area contributed by atoms with Gasteiger partial charge in [0.05, 0.1) is 5.69 Å². The highest BCUT2D eigenvalue weighted by Crippen LogP contribution is 2.20. The van der Waals surface area contributed by atoms with Gasteiger partial charge in [-0.2, -0.15) is 11.8 Å². The lowest BCUT2D eigenvalue weighted by atomic mass is 10.1. The lowest BCUT2D eigenvalue weighted by Gasteiger charge is -2.06. The Morgan fingerprint density at radius 2 is 2.00 bits per heavy atom. The molecule has 0 aliphatic rings. The van der Waals surface area contributed by atoms with E-state index in [9.17, 15) is 0 Å². The highest BCUT2D eigenvalue weighted by atomic mass is 32.2. The number of pyridine rings is 1. The minimum absolute atomic E-state index is 0.510. The molecule has 0 atom stereocenters. The van der Waals surface area contributed by atoms with Gasteiger partial charge in [-0.15, -0.1) is 0 Å². The van der Waals surface area contributed by atoms with Crippen molar-refractivity contribution in [3.8, 4) is 0 Å². The molecule has 0 amide bonds. The van der Waals surface area contributed by atoms with Crippen molar-refractivity contribution in [3.63, 3.8) is 0 Å². The fourth-order valence-corrected chi connectivity index (χ4v) is 2.84. The third-order valence-corrected chi connectivity index (χ3v) is 3.93. The summed E-state index contributed by atoms with van der Waals surface area (Å²) in [4.78, 5) is 4.20. The van der Waals surface area contributed by atoms with Gasteiger partial charge in [-0.25, -0.2) is 0 Å². The Morgan fingerprint density at radius 3 is 2.78 bits per heavy atom. The van der Waals surface area contributed by atoms with E-state index in [0.29, 0.717) is 6.54 Å². The maximum absolute atomic E-state index is 5.59. The van der Waals surface area contributed by atoms with E-state index in [2.05, 4.69) is 48.3 Å². The molecule has 0 saturated carbocycles. The number of aryl methyl sites for hydroxylation is 1. The van der Waals surface area contributed by atoms with Gasteiger partial charge >= 0.3 is 0 Å². The first-order chi connectivity index (χ1) is 8.79. The molecule has 1 aromatic heterocycles. The standard InChI is InChI=1S/C15H18N2S/c1-12-4-2-3-5-14(12)11-18-10-13-6-7-17-15(8-13)9-16/h2-8H,9-11,16H2,1H3. The van der Waals surface area contributed by atoms with E-state index >= 15 is 0 Å². The largest absolute Gasteiger partial charge is 0.325 e. The Hall–Kier alpha value is -1.32. The summed E-state index contributed by atoms with van der Waals surface area (Å²) in [6.07, 6.45) is 1.84. The van der Waals surface area contributed by atoms with E-state index < -0.39 is 0 Å². The second kappa shape index (κ2) is 6.57. The van der Waals surface area contributed by atoms with Crippen molar-refractivity contribution in [1.29, 1.82) is 0 Å². The number of hydrogen-bond donors (Lipinski definition) is 1. The molecular weight excluding hydrogens is 240 g/mol. The van der Waals surface area contributed by atoms with Crippen molar-refractivity contribution >= 4 is 11.8 Å². The first-order valence-corrected chi connectivity index (χ1v) is 7.21. The van der Waals surface area contributed by atoms with Crippen LogP contribution in [0.1, 0.15) is 22.4 Å². The summed E-state index contributed by atoms with van der Waals surface area (Å²) in [5.41, 5.74) is 10.6. The van der Waals surface area contributed by atoms with Crippen molar-refractivity contribution in [3.05, 3.63) is 65.0 Å². The molecule has 2 nitrogen and oxygen atoms in total. The van der Waals surface area contributed by atoms with Crippen LogP contribution >= 0.6 is 11.8 Å². The molecule has 18 heavy (non-hydrogen) atoms. The summed E-state index contributed by atoms with van der Waals surface area (Å²) in [5.74, 6) is 2.05. The SMILES string of the molecule is Cc1ccccc1CSCc1ccnc(CN)c1. The molecule has 1 aromatic carbocycles. The molecule has 0 aliphatic heterocycles. The summed E-state index contributed by atoms with van der Waals surface area (Å²) < 4.78 is 0. The van der Waals surface area contributed by atoms with Gasteiger partial charge in [0, 0.05) is 24.2 Å². The van der Waals surface area contributed by atoms with Gasteiger partial charge < -0.3 is 5.73 Å². The maximum Gasteiger partial charge on any atom is 0.0542 e. The monoisotopic (exact) mass is 258 g/mol. The fourth-order valence-electron chi connectivity index (χ4n) is 1.78. The number of rotatable bonds is 5. The summed E-state index contributed by atoms with van der Waals surface area (Å²) in [6.45, 7) is 2.67. The topological polar surface area (TPSA) is 38.9 Å². The van der Waals surface area contributed by atoms with E-state index in [0.717, 1.165) is 17.2 Å². The first-order valence-electron chi connectivity index (χ1n) is 6.05. The van der Waals surface area contributed by atoms with Crippen molar-refractivity contribution in [1.82, 2.24) is 4.98 Å². The quantitative estimate of drug-likeness (QED) is 0.894. The van der Waals surface area contributed by atoms with Crippen LogP contribution in [0.3, 0.4) is 0 Å². The minimum Gasteiger partial charge on any atom is -0.325 e. The van der Waals surface area contributed by atoms with Crippen LogP contribution in [-0.2, 0) is 18.1 Å². The molecule has 0 aliphatic carbocycles. The van der Waals surface area contributed by atoms with Gasteiger partial charge in [0.2, 0.25) is 0 Å². The zero-order valence-corrected chi connectivity index (χ0v) is 11.4. The lowest BCUT2D eigenvalue weighted by molar-refractivity contribution is 0.983. The number of nitrogens with two attached hydrogens (primary N) is 1. The van der Waals surface area contributed by atoms with Crippen molar-refractivity contribution in [2.45, 2.75) is 25.0 Å². The van der Waals surface area contributed by atoms with E-state index in [1.807, 2.05) is 18.0 Å². The molecule has 94 valence electrons. The second-order valence-corrected chi connectivity index (χ2v) is 5.26. The van der Waals surface area contributed by atoms with Gasteiger partial charge in [0.25, 0.3) is 0 Å². The number of hydrogen-bond acceptors (Lipinski definition) is 3. The minimum atomic E-state index is 0.510. The molecule has 0 bridgehead atoms. The Balaban J connectivity index is 1.90. The van der Waals surface area contributed by atoms with E-state index in [1.165, 1.54) is 16.7 Å². The summed E-state index contributed by atoms with van der Waals surface area (Å²) >= 11 is 1.92. The van der Waals surface area contributed by atoms with Crippen LogP contribution in [-0.4, -0.2) is 4.98 Å². The van der Waals surface area contributed by atoms with Crippen molar-refractivity contribution < 1.29 is 0 Å². The molecule has 2 rings (SSSR count). The Bertz CT molecular complexity index is 511. The van der Waals surface area contributed by atoms with Gasteiger partial charge in [0.15, 0.2) is 0 Å². The smallest absolute Gasteiger partial charge is 0.0542 e. The molecule has 2 N–H and O–H groups in total. The normalized spacial score (nSPS) is 10.6. The molecule has 0 unspecified atom stereocenters. The Morgan fingerprint density at radius 1 is 1.17 bits per heavy atom. The summed E-state index contributed by atoms with van der Waals surface area (Å²) in [5, 5.41) is 0. The predicted octanol–water partition coefficient (Wildman–Crippen LogP) is 3.28. The third-order valence-electron chi connectivity index (χ3n) is 2.88. The van der Waals surface area contributed by atoms with Crippen LogP contribution in [0, 0.1) is 6.92 Å². The first kappa shape index (κ1) is 13.1. The van der Waals surface area contributed by atoms with Crippen molar-refractivity contribution in [2.24, 2.45) is 5.73 Å². The molecular formula is C15H18N2S. The number of aromatic nitrogens is 1. The highest BCUT2D eigenvalue weighted by Gasteiger charge is 1.99. The maximum atomic E-state index is 5.59. The van der Waals surface area contributed by atoms with Crippen LogP contribution in [0.25, 0.3) is 0 Å². The summed E-state index contributed by atoms with van der Waals surface area (Å²) in [6, 6.07) is 12.7. The van der Waals surface area contributed by atoms with E-state index in [-0.39, 0.29) is 0 Å². The van der Waals surface area contributed by atoms with Crippen molar-refractivity contribution in [2.75, 3.05) is 0 Å². The van der Waals surface area contributed by atoms with Gasteiger partial charge in [0.1, 0.15) is 0 Å². The molecule has 2 aromatic rings. The van der Waals surface area contributed by atoms with Crippen LogP contribution < -0.4 is 5.73 Å².